The highest BCUT2D eigenvalue weighted by atomic mass is 35.5. The molecule has 1 rings (SSSR count). The van der Waals surface area contributed by atoms with E-state index in [2.05, 4.69) is 0 Å². The van der Waals surface area contributed by atoms with Crippen molar-refractivity contribution in [2.45, 2.75) is 4.90 Å². The van der Waals surface area contributed by atoms with Gasteiger partial charge in [-0.2, -0.15) is 0 Å². The molecule has 10 heteroatoms. The Bertz CT molecular complexity index is 494. The maximum absolute atomic E-state index is 10.9. The van der Waals surface area contributed by atoms with Gasteiger partial charge < -0.3 is 0 Å². The van der Waals surface area contributed by atoms with E-state index in [9.17, 15) is 18.5 Å². The van der Waals surface area contributed by atoms with Gasteiger partial charge in [-0.25, -0.2) is 13.6 Å². The number of sulfonamides is 1. The van der Waals surface area contributed by atoms with Crippen LogP contribution in [0.4, 0.5) is 5.69 Å². The van der Waals surface area contributed by atoms with Gasteiger partial charge in [-0.05, 0) is 0 Å². The number of primary sulfonamides is 1. The Labute approximate surface area is 92.4 Å². The van der Waals surface area contributed by atoms with Crippen LogP contribution in [-0.4, -0.2) is 13.3 Å². The summed E-state index contributed by atoms with van der Waals surface area (Å²) in [5.41, 5.74) is -0.774. The number of nitrogens with zero attached hydrogens (tertiary/aromatic N) is 1. The summed E-state index contributed by atoms with van der Waals surface area (Å²) in [5.74, 6) is 0. The van der Waals surface area contributed by atoms with Gasteiger partial charge >= 0.3 is 5.69 Å². The molecule has 0 fully saturated rings. The van der Waals surface area contributed by atoms with Crippen molar-refractivity contribution in [1.82, 2.24) is 0 Å². The molecule has 1 aromatic heterocycles. The second-order valence-corrected chi connectivity index (χ2v) is 5.85. The molecule has 2 N–H and O–H groups in total. The zero-order chi connectivity index (χ0) is 11.1. The summed E-state index contributed by atoms with van der Waals surface area (Å²) in [6, 6.07) is 0. The summed E-state index contributed by atoms with van der Waals surface area (Å²) in [4.78, 5) is 8.77. The van der Waals surface area contributed by atoms with Gasteiger partial charge in [0, 0.05) is 0 Å². The average molecular weight is 277 g/mol. The molecule has 0 amide bonds. The van der Waals surface area contributed by atoms with E-state index >= 15 is 0 Å². The van der Waals surface area contributed by atoms with Crippen LogP contribution in [0.25, 0.3) is 0 Å². The molecule has 0 saturated carbocycles. The van der Waals surface area contributed by atoms with Crippen LogP contribution in [0.15, 0.2) is 4.90 Å². The van der Waals surface area contributed by atoms with Crippen LogP contribution in [0.1, 0.15) is 0 Å². The van der Waals surface area contributed by atoms with Crippen molar-refractivity contribution in [3.63, 3.8) is 0 Å². The minimum atomic E-state index is -4.24. The van der Waals surface area contributed by atoms with Gasteiger partial charge in [0.1, 0.15) is 4.34 Å². The molecule has 0 atom stereocenters. The highest BCUT2D eigenvalue weighted by Crippen LogP contribution is 2.43. The van der Waals surface area contributed by atoms with Crippen LogP contribution in [0.3, 0.4) is 0 Å². The van der Waals surface area contributed by atoms with Gasteiger partial charge in [-0.3, -0.25) is 10.1 Å². The van der Waals surface area contributed by atoms with Crippen LogP contribution in [0.2, 0.25) is 8.67 Å². The van der Waals surface area contributed by atoms with E-state index in [1.807, 2.05) is 0 Å². The first kappa shape index (κ1) is 11.7. The van der Waals surface area contributed by atoms with Crippen molar-refractivity contribution < 1.29 is 13.3 Å². The minimum Gasteiger partial charge on any atom is -0.258 e. The standard InChI is InChI=1S/C4H2Cl2N2O4S2/c5-3-1(8(9)10)2(4(6)13-3)14(7,11)12/h(H2,7,11,12). The van der Waals surface area contributed by atoms with Crippen molar-refractivity contribution in [3.05, 3.63) is 18.8 Å². The first-order chi connectivity index (χ1) is 6.25. The lowest BCUT2D eigenvalue weighted by Crippen LogP contribution is -2.13. The van der Waals surface area contributed by atoms with Gasteiger partial charge in [0.15, 0.2) is 9.23 Å². The lowest BCUT2D eigenvalue weighted by molar-refractivity contribution is -0.387. The number of rotatable bonds is 2. The summed E-state index contributed by atoms with van der Waals surface area (Å²) in [6.07, 6.45) is 0. The maximum Gasteiger partial charge on any atom is 0.320 e. The summed E-state index contributed by atoms with van der Waals surface area (Å²) in [7, 11) is -4.24. The quantitative estimate of drug-likeness (QED) is 0.655. The molecule has 0 radical (unpaired) electrons. The molecule has 0 aliphatic carbocycles. The van der Waals surface area contributed by atoms with Crippen LogP contribution >= 0.6 is 34.5 Å². The van der Waals surface area contributed by atoms with Gasteiger partial charge in [0.2, 0.25) is 10.0 Å². The number of nitro groups is 1. The van der Waals surface area contributed by atoms with E-state index in [-0.39, 0.29) is 8.67 Å². The van der Waals surface area contributed by atoms with Crippen molar-refractivity contribution in [1.29, 1.82) is 0 Å². The molecule has 0 aliphatic rings. The first-order valence-electron chi connectivity index (χ1n) is 2.90. The Balaban J connectivity index is 3.65. The predicted octanol–water partition coefficient (Wildman–Crippen LogP) is 1.61. The van der Waals surface area contributed by atoms with Crippen LogP contribution in [0, 0.1) is 10.1 Å². The fraction of sp³-hybridized carbons (Fsp3) is 0. The number of hydrogen-bond donors (Lipinski definition) is 1. The topological polar surface area (TPSA) is 103 Å². The first-order valence-corrected chi connectivity index (χ1v) is 6.02. The zero-order valence-corrected chi connectivity index (χ0v) is 9.37. The number of halogens is 2. The molecule has 1 aromatic rings. The van der Waals surface area contributed by atoms with E-state index in [4.69, 9.17) is 28.3 Å². The minimum absolute atomic E-state index is 0.316. The van der Waals surface area contributed by atoms with Crippen LogP contribution < -0.4 is 5.14 Å². The van der Waals surface area contributed by atoms with Crippen molar-refractivity contribution in [3.8, 4) is 0 Å². The van der Waals surface area contributed by atoms with Crippen molar-refractivity contribution in [2.24, 2.45) is 5.14 Å². The summed E-state index contributed by atoms with van der Waals surface area (Å²) >= 11 is 11.5. The Kier molecular flexibility index (Phi) is 3.02. The SMILES string of the molecule is NS(=O)(=O)c1c(Cl)sc(Cl)c1[N+](=O)[O-]. The molecule has 0 saturated heterocycles. The highest BCUT2D eigenvalue weighted by molar-refractivity contribution is 7.89. The lowest BCUT2D eigenvalue weighted by atomic mass is 10.5. The van der Waals surface area contributed by atoms with Crippen molar-refractivity contribution >= 4 is 50.2 Å². The van der Waals surface area contributed by atoms with E-state index in [0.29, 0.717) is 11.3 Å². The Morgan fingerprint density at radius 1 is 1.36 bits per heavy atom. The second kappa shape index (κ2) is 3.63. The number of thiophene rings is 1. The van der Waals surface area contributed by atoms with E-state index in [1.54, 1.807) is 0 Å². The number of nitrogens with two attached hydrogens (primary N) is 1. The van der Waals surface area contributed by atoms with Crippen molar-refractivity contribution in [2.75, 3.05) is 0 Å². The number of hydrogen-bond acceptors (Lipinski definition) is 5. The Morgan fingerprint density at radius 3 is 2.14 bits per heavy atom. The van der Waals surface area contributed by atoms with Gasteiger partial charge in [-0.1, -0.05) is 23.2 Å². The molecule has 6 nitrogen and oxygen atoms in total. The second-order valence-electron chi connectivity index (χ2n) is 2.13. The predicted molar refractivity (Wildman–Crippen MR) is 52.4 cm³/mol. The Morgan fingerprint density at radius 2 is 1.86 bits per heavy atom. The third-order valence-corrected chi connectivity index (χ3v) is 4.02. The van der Waals surface area contributed by atoms with Crippen LogP contribution in [0.5, 0.6) is 0 Å². The normalized spacial score (nSPS) is 11.6. The van der Waals surface area contributed by atoms with Gasteiger partial charge in [-0.15, -0.1) is 11.3 Å². The third-order valence-electron chi connectivity index (χ3n) is 1.23. The monoisotopic (exact) mass is 276 g/mol. The van der Waals surface area contributed by atoms with E-state index in [1.165, 1.54) is 0 Å². The largest absolute Gasteiger partial charge is 0.320 e. The molecule has 0 aliphatic heterocycles. The zero-order valence-electron chi connectivity index (χ0n) is 6.23. The molecular weight excluding hydrogens is 275 g/mol. The molecule has 0 aromatic carbocycles. The fourth-order valence-corrected chi connectivity index (χ4v) is 3.80. The fourth-order valence-electron chi connectivity index (χ4n) is 0.757. The van der Waals surface area contributed by atoms with Gasteiger partial charge in [0.25, 0.3) is 0 Å². The molecular formula is C4H2Cl2N2O4S2. The Hall–Kier alpha value is -0.410. The lowest BCUT2D eigenvalue weighted by Gasteiger charge is -1.94. The molecule has 14 heavy (non-hydrogen) atoms. The highest BCUT2D eigenvalue weighted by Gasteiger charge is 2.32. The maximum atomic E-state index is 10.9. The smallest absolute Gasteiger partial charge is 0.258 e. The van der Waals surface area contributed by atoms with Gasteiger partial charge in [0.05, 0.1) is 4.92 Å². The van der Waals surface area contributed by atoms with E-state index in [0.717, 1.165) is 0 Å². The summed E-state index contributed by atoms with van der Waals surface area (Å²) in [6.45, 7) is 0. The molecule has 1 heterocycles. The molecule has 0 unspecified atom stereocenters. The summed E-state index contributed by atoms with van der Waals surface area (Å²) < 4.78 is 21.2. The van der Waals surface area contributed by atoms with E-state index < -0.39 is 25.5 Å². The molecule has 0 spiro atoms. The molecule has 78 valence electrons. The average Bonchev–Trinajstić information content (AvgIpc) is 2.23. The van der Waals surface area contributed by atoms with Crippen LogP contribution in [-0.2, 0) is 10.0 Å². The summed E-state index contributed by atoms with van der Waals surface area (Å²) in [5, 5.41) is 15.2. The third kappa shape index (κ3) is 1.98. The molecule has 0 bridgehead atoms.